The maximum absolute atomic E-state index is 6.08. The van der Waals surface area contributed by atoms with Gasteiger partial charge in [0.15, 0.2) is 5.82 Å². The van der Waals surface area contributed by atoms with Gasteiger partial charge in [-0.3, -0.25) is 0 Å². The van der Waals surface area contributed by atoms with Crippen LogP contribution in [0.1, 0.15) is 5.56 Å². The molecule has 0 radical (unpaired) electrons. The van der Waals surface area contributed by atoms with Gasteiger partial charge in [-0.25, -0.2) is 9.97 Å². The molecule has 2 aromatic heterocycles. The first-order valence-electron chi connectivity index (χ1n) is 7.01. The van der Waals surface area contributed by atoms with Gasteiger partial charge in [0.05, 0.1) is 0 Å². The van der Waals surface area contributed by atoms with Crippen LogP contribution in [0.2, 0.25) is 5.02 Å². The zero-order valence-electron chi connectivity index (χ0n) is 11.7. The summed E-state index contributed by atoms with van der Waals surface area (Å²) in [5, 5.41) is 5.07. The summed E-state index contributed by atoms with van der Waals surface area (Å²) in [7, 11) is 0. The molecule has 0 amide bonds. The third-order valence-corrected chi connectivity index (χ3v) is 3.88. The van der Waals surface area contributed by atoms with Crippen molar-refractivity contribution in [3.8, 4) is 0 Å². The van der Waals surface area contributed by atoms with Crippen molar-refractivity contribution in [2.45, 2.75) is 6.54 Å². The fourth-order valence-electron chi connectivity index (χ4n) is 2.58. The molecular formula is C17H13ClN4. The van der Waals surface area contributed by atoms with Crippen molar-refractivity contribution in [1.82, 2.24) is 15.0 Å². The second-order valence-corrected chi connectivity index (χ2v) is 5.54. The average molecular weight is 309 g/mol. The van der Waals surface area contributed by atoms with Crippen molar-refractivity contribution in [2.75, 3.05) is 5.32 Å². The number of aromatic amines is 1. The molecule has 0 saturated heterocycles. The van der Waals surface area contributed by atoms with E-state index in [2.05, 4.69) is 32.4 Å². The number of H-pyrrole nitrogens is 1. The summed E-state index contributed by atoms with van der Waals surface area (Å²) in [6.45, 7) is 0.711. The molecule has 22 heavy (non-hydrogen) atoms. The van der Waals surface area contributed by atoms with Crippen molar-refractivity contribution in [3.05, 3.63) is 65.4 Å². The van der Waals surface area contributed by atoms with Crippen LogP contribution in [0.15, 0.2) is 54.9 Å². The standard InChI is InChI=1S/C17H13ClN4/c18-12-6-7-14-13(8-12)15-16(22-14)17(21-10-20-15)19-9-11-4-2-1-3-5-11/h1-8,10,22H,9H2,(H,19,20,21). The zero-order valence-corrected chi connectivity index (χ0v) is 12.4. The highest BCUT2D eigenvalue weighted by molar-refractivity contribution is 6.31. The Kier molecular flexibility index (Phi) is 3.16. The first kappa shape index (κ1) is 13.1. The van der Waals surface area contributed by atoms with Crippen molar-refractivity contribution >= 4 is 39.4 Å². The van der Waals surface area contributed by atoms with Crippen LogP contribution in [0.4, 0.5) is 5.82 Å². The monoisotopic (exact) mass is 308 g/mol. The molecule has 108 valence electrons. The molecule has 4 aromatic rings. The van der Waals surface area contributed by atoms with E-state index in [9.17, 15) is 0 Å². The summed E-state index contributed by atoms with van der Waals surface area (Å²) in [6, 6.07) is 16.0. The molecule has 2 N–H and O–H groups in total. The summed E-state index contributed by atoms with van der Waals surface area (Å²) < 4.78 is 0. The first-order valence-corrected chi connectivity index (χ1v) is 7.39. The van der Waals surface area contributed by atoms with Crippen LogP contribution in [0, 0.1) is 0 Å². The van der Waals surface area contributed by atoms with Gasteiger partial charge in [-0.05, 0) is 23.8 Å². The Morgan fingerprint density at radius 2 is 1.91 bits per heavy atom. The minimum Gasteiger partial charge on any atom is -0.364 e. The predicted molar refractivity (Wildman–Crippen MR) is 90.2 cm³/mol. The highest BCUT2D eigenvalue weighted by Crippen LogP contribution is 2.29. The molecule has 0 aliphatic carbocycles. The van der Waals surface area contributed by atoms with Gasteiger partial charge < -0.3 is 10.3 Å². The number of anilines is 1. The highest BCUT2D eigenvalue weighted by Gasteiger charge is 2.10. The van der Waals surface area contributed by atoms with Gasteiger partial charge in [-0.1, -0.05) is 41.9 Å². The Morgan fingerprint density at radius 3 is 2.77 bits per heavy atom. The predicted octanol–water partition coefficient (Wildman–Crippen LogP) is 4.38. The van der Waals surface area contributed by atoms with Gasteiger partial charge in [0.2, 0.25) is 0 Å². The zero-order chi connectivity index (χ0) is 14.9. The Bertz CT molecular complexity index is 947. The Hall–Kier alpha value is -2.59. The fourth-order valence-corrected chi connectivity index (χ4v) is 2.75. The third-order valence-electron chi connectivity index (χ3n) is 3.65. The van der Waals surface area contributed by atoms with Crippen LogP contribution < -0.4 is 5.32 Å². The van der Waals surface area contributed by atoms with Gasteiger partial charge in [-0.2, -0.15) is 0 Å². The minimum absolute atomic E-state index is 0.700. The summed E-state index contributed by atoms with van der Waals surface area (Å²) in [5.41, 5.74) is 3.98. The van der Waals surface area contributed by atoms with Crippen molar-refractivity contribution < 1.29 is 0 Å². The quantitative estimate of drug-likeness (QED) is 0.590. The summed E-state index contributed by atoms with van der Waals surface area (Å²) in [6.07, 6.45) is 1.57. The SMILES string of the molecule is Clc1ccc2[nH]c3c(NCc4ccccc4)ncnc3c2c1. The van der Waals surface area contributed by atoms with Crippen LogP contribution in [-0.2, 0) is 6.54 Å². The molecule has 5 heteroatoms. The number of hydrogen-bond acceptors (Lipinski definition) is 3. The molecular weight excluding hydrogens is 296 g/mol. The lowest BCUT2D eigenvalue weighted by atomic mass is 10.2. The Labute approximate surface area is 132 Å². The normalized spacial score (nSPS) is 11.1. The van der Waals surface area contributed by atoms with E-state index in [4.69, 9.17) is 11.6 Å². The average Bonchev–Trinajstić information content (AvgIpc) is 2.92. The van der Waals surface area contributed by atoms with E-state index < -0.39 is 0 Å². The van der Waals surface area contributed by atoms with E-state index in [1.165, 1.54) is 5.56 Å². The van der Waals surface area contributed by atoms with Gasteiger partial charge >= 0.3 is 0 Å². The number of halogens is 1. The minimum atomic E-state index is 0.700. The summed E-state index contributed by atoms with van der Waals surface area (Å²) >= 11 is 6.08. The van der Waals surface area contributed by atoms with Gasteiger partial charge in [0.25, 0.3) is 0 Å². The molecule has 0 spiro atoms. The maximum atomic E-state index is 6.08. The molecule has 0 aliphatic rings. The molecule has 4 nitrogen and oxygen atoms in total. The fraction of sp³-hybridized carbons (Fsp3) is 0.0588. The van der Waals surface area contributed by atoms with E-state index in [0.29, 0.717) is 11.6 Å². The van der Waals surface area contributed by atoms with E-state index >= 15 is 0 Å². The molecule has 0 fully saturated rings. The largest absolute Gasteiger partial charge is 0.364 e. The van der Waals surface area contributed by atoms with Crippen LogP contribution in [0.5, 0.6) is 0 Å². The van der Waals surface area contributed by atoms with E-state index in [-0.39, 0.29) is 0 Å². The number of aromatic nitrogens is 3. The Balaban J connectivity index is 1.76. The molecule has 0 unspecified atom stereocenters. The first-order chi connectivity index (χ1) is 10.8. The molecule has 2 aromatic carbocycles. The summed E-state index contributed by atoms with van der Waals surface area (Å²) in [5.74, 6) is 0.793. The van der Waals surface area contributed by atoms with Crippen LogP contribution in [-0.4, -0.2) is 15.0 Å². The number of hydrogen-bond donors (Lipinski definition) is 2. The maximum Gasteiger partial charge on any atom is 0.154 e. The van der Waals surface area contributed by atoms with E-state index in [0.717, 1.165) is 27.8 Å². The van der Waals surface area contributed by atoms with Crippen molar-refractivity contribution in [2.24, 2.45) is 0 Å². The van der Waals surface area contributed by atoms with E-state index in [1.807, 2.05) is 36.4 Å². The summed E-state index contributed by atoms with van der Waals surface area (Å²) in [4.78, 5) is 12.1. The molecule has 0 aliphatic heterocycles. The lowest BCUT2D eigenvalue weighted by molar-refractivity contribution is 1.10. The molecule has 0 bridgehead atoms. The lowest BCUT2D eigenvalue weighted by Crippen LogP contribution is -2.02. The number of benzene rings is 2. The van der Waals surface area contributed by atoms with Gasteiger partial charge in [0.1, 0.15) is 17.4 Å². The van der Waals surface area contributed by atoms with Crippen molar-refractivity contribution in [1.29, 1.82) is 0 Å². The van der Waals surface area contributed by atoms with Crippen molar-refractivity contribution in [3.63, 3.8) is 0 Å². The molecule has 4 rings (SSSR count). The van der Waals surface area contributed by atoms with Crippen LogP contribution in [0.3, 0.4) is 0 Å². The topological polar surface area (TPSA) is 53.6 Å². The van der Waals surface area contributed by atoms with Crippen LogP contribution in [0.25, 0.3) is 21.9 Å². The number of nitrogens with one attached hydrogen (secondary N) is 2. The number of fused-ring (bicyclic) bond motifs is 3. The molecule has 0 atom stereocenters. The molecule has 2 heterocycles. The van der Waals surface area contributed by atoms with Gasteiger partial charge in [0, 0.05) is 22.5 Å². The van der Waals surface area contributed by atoms with Gasteiger partial charge in [-0.15, -0.1) is 0 Å². The second kappa shape index (κ2) is 5.31. The number of rotatable bonds is 3. The third kappa shape index (κ3) is 2.27. The second-order valence-electron chi connectivity index (χ2n) is 5.10. The number of nitrogens with zero attached hydrogens (tertiary/aromatic N) is 2. The van der Waals surface area contributed by atoms with Crippen LogP contribution >= 0.6 is 11.6 Å². The van der Waals surface area contributed by atoms with E-state index in [1.54, 1.807) is 6.33 Å². The highest BCUT2D eigenvalue weighted by atomic mass is 35.5. The molecule has 0 saturated carbocycles. The lowest BCUT2D eigenvalue weighted by Gasteiger charge is -2.06. The smallest absolute Gasteiger partial charge is 0.154 e. The Morgan fingerprint density at radius 1 is 1.05 bits per heavy atom.